The van der Waals surface area contributed by atoms with Crippen molar-refractivity contribution < 1.29 is 0 Å². The van der Waals surface area contributed by atoms with E-state index in [0.29, 0.717) is 5.92 Å². The van der Waals surface area contributed by atoms with E-state index in [1.807, 2.05) is 11.3 Å². The molecule has 1 aromatic heterocycles. The van der Waals surface area contributed by atoms with Crippen LogP contribution in [0.15, 0.2) is 22.5 Å². The first-order chi connectivity index (χ1) is 11.7. The van der Waals surface area contributed by atoms with Crippen molar-refractivity contribution in [2.45, 2.75) is 26.7 Å². The predicted molar refractivity (Wildman–Crippen MR) is 105 cm³/mol. The summed E-state index contributed by atoms with van der Waals surface area (Å²) in [6.45, 7) is 16.3. The van der Waals surface area contributed by atoms with Gasteiger partial charge in [0, 0.05) is 56.6 Å². The monoisotopic (exact) mass is 351 g/mol. The highest BCUT2D eigenvalue weighted by atomic mass is 32.1. The lowest BCUT2D eigenvalue weighted by Crippen LogP contribution is -2.49. The van der Waals surface area contributed by atoms with Crippen LogP contribution in [0.4, 0.5) is 0 Å². The smallest absolute Gasteiger partial charge is 0.191 e. The molecule has 1 atom stereocenters. The lowest BCUT2D eigenvalue weighted by Gasteiger charge is -2.34. The van der Waals surface area contributed by atoms with Crippen LogP contribution in [0, 0.1) is 0 Å². The van der Waals surface area contributed by atoms with Crippen molar-refractivity contribution in [2.75, 3.05) is 58.9 Å². The first-order valence-corrected chi connectivity index (χ1v) is 10.1. The molecule has 0 spiro atoms. The fourth-order valence-electron chi connectivity index (χ4n) is 2.89. The average molecular weight is 352 g/mol. The van der Waals surface area contributed by atoms with Crippen LogP contribution >= 0.6 is 11.3 Å². The van der Waals surface area contributed by atoms with Crippen LogP contribution in [-0.4, -0.2) is 74.7 Å². The highest BCUT2D eigenvalue weighted by Gasteiger charge is 2.14. The summed E-state index contributed by atoms with van der Waals surface area (Å²) < 4.78 is 0. The molecule has 0 bridgehead atoms. The Morgan fingerprint density at radius 1 is 1.21 bits per heavy atom. The minimum absolute atomic E-state index is 0.475. The maximum atomic E-state index is 4.75. The van der Waals surface area contributed by atoms with E-state index in [1.165, 1.54) is 37.6 Å². The third kappa shape index (κ3) is 6.42. The van der Waals surface area contributed by atoms with Crippen molar-refractivity contribution in [2.24, 2.45) is 4.99 Å². The maximum Gasteiger partial charge on any atom is 0.191 e. The third-order valence-corrected chi connectivity index (χ3v) is 5.63. The van der Waals surface area contributed by atoms with Gasteiger partial charge in [-0.25, -0.2) is 0 Å². The molecule has 2 heterocycles. The number of nitrogens with one attached hydrogen (secondary N) is 2. The molecule has 0 saturated carbocycles. The van der Waals surface area contributed by atoms with Gasteiger partial charge in [-0.2, -0.15) is 0 Å². The van der Waals surface area contributed by atoms with Gasteiger partial charge in [-0.3, -0.25) is 9.89 Å². The van der Waals surface area contributed by atoms with Crippen molar-refractivity contribution in [3.8, 4) is 0 Å². The van der Waals surface area contributed by atoms with Crippen LogP contribution in [0.2, 0.25) is 0 Å². The van der Waals surface area contributed by atoms with Crippen LogP contribution in [0.1, 0.15) is 31.6 Å². The number of piperazine rings is 1. The first-order valence-electron chi connectivity index (χ1n) is 9.23. The lowest BCUT2D eigenvalue weighted by atomic mass is 10.1. The van der Waals surface area contributed by atoms with Crippen molar-refractivity contribution >= 4 is 17.3 Å². The van der Waals surface area contributed by atoms with E-state index in [2.05, 4.69) is 58.7 Å². The summed E-state index contributed by atoms with van der Waals surface area (Å²) >= 11 is 1.81. The van der Waals surface area contributed by atoms with Crippen LogP contribution in [0.25, 0.3) is 0 Å². The standard InChI is InChI=1S/C18H33N5S/c1-4-19-18(21-15-16(3)17-7-6-14-24-17)20-8-9-23-12-10-22(5-2)11-13-23/h6-7,14,16H,4-5,8-13,15H2,1-3H3,(H2,19,20,21). The zero-order valence-electron chi connectivity index (χ0n) is 15.4. The Balaban J connectivity index is 1.71. The molecule has 1 aromatic rings. The summed E-state index contributed by atoms with van der Waals surface area (Å²) in [7, 11) is 0. The van der Waals surface area contributed by atoms with Gasteiger partial charge in [0.15, 0.2) is 5.96 Å². The molecule has 2 N–H and O–H groups in total. The van der Waals surface area contributed by atoms with Crippen molar-refractivity contribution in [1.82, 2.24) is 20.4 Å². The van der Waals surface area contributed by atoms with E-state index in [0.717, 1.165) is 32.1 Å². The third-order valence-electron chi connectivity index (χ3n) is 4.53. The number of nitrogens with zero attached hydrogens (tertiary/aromatic N) is 3. The lowest BCUT2D eigenvalue weighted by molar-refractivity contribution is 0.139. The number of hydrogen-bond acceptors (Lipinski definition) is 4. The van der Waals surface area contributed by atoms with Crippen molar-refractivity contribution in [3.05, 3.63) is 22.4 Å². The fourth-order valence-corrected chi connectivity index (χ4v) is 3.67. The van der Waals surface area contributed by atoms with E-state index < -0.39 is 0 Å². The molecule has 1 unspecified atom stereocenters. The summed E-state index contributed by atoms with van der Waals surface area (Å²) in [5, 5.41) is 8.97. The van der Waals surface area contributed by atoms with Gasteiger partial charge in [-0.05, 0) is 24.9 Å². The van der Waals surface area contributed by atoms with Gasteiger partial charge in [0.05, 0.1) is 6.54 Å². The summed E-state index contributed by atoms with van der Waals surface area (Å²) in [6.07, 6.45) is 0. The fraction of sp³-hybridized carbons (Fsp3) is 0.722. The Bertz CT molecular complexity index is 466. The van der Waals surface area contributed by atoms with Crippen LogP contribution < -0.4 is 10.6 Å². The SMILES string of the molecule is CCNC(=NCC(C)c1cccs1)NCCN1CCN(CC)CC1. The first kappa shape index (κ1) is 19.2. The van der Waals surface area contributed by atoms with Crippen LogP contribution in [-0.2, 0) is 0 Å². The minimum Gasteiger partial charge on any atom is -0.357 e. The van der Waals surface area contributed by atoms with Crippen molar-refractivity contribution in [1.29, 1.82) is 0 Å². The van der Waals surface area contributed by atoms with Gasteiger partial charge in [0.25, 0.3) is 0 Å². The van der Waals surface area contributed by atoms with Gasteiger partial charge in [0.1, 0.15) is 0 Å². The number of hydrogen-bond donors (Lipinski definition) is 2. The van der Waals surface area contributed by atoms with Gasteiger partial charge in [-0.1, -0.05) is 19.9 Å². The molecule has 5 nitrogen and oxygen atoms in total. The van der Waals surface area contributed by atoms with Gasteiger partial charge >= 0.3 is 0 Å². The zero-order valence-corrected chi connectivity index (χ0v) is 16.2. The Morgan fingerprint density at radius 3 is 2.58 bits per heavy atom. The quantitative estimate of drug-likeness (QED) is 0.556. The van der Waals surface area contributed by atoms with Crippen molar-refractivity contribution in [3.63, 3.8) is 0 Å². The molecular formula is C18H33N5S. The van der Waals surface area contributed by atoms with Crippen LogP contribution in [0.5, 0.6) is 0 Å². The highest BCUT2D eigenvalue weighted by Crippen LogP contribution is 2.20. The molecular weight excluding hydrogens is 318 g/mol. The van der Waals surface area contributed by atoms with Gasteiger partial charge < -0.3 is 15.5 Å². The second kappa shape index (κ2) is 10.7. The number of likely N-dealkylation sites (N-methyl/N-ethyl adjacent to an activating group) is 1. The molecule has 1 saturated heterocycles. The summed E-state index contributed by atoms with van der Waals surface area (Å²) in [5.74, 6) is 1.41. The highest BCUT2D eigenvalue weighted by molar-refractivity contribution is 7.10. The topological polar surface area (TPSA) is 42.9 Å². The molecule has 1 fully saturated rings. The second-order valence-corrected chi connectivity index (χ2v) is 7.32. The van der Waals surface area contributed by atoms with E-state index in [1.54, 1.807) is 0 Å². The average Bonchev–Trinajstić information content (AvgIpc) is 3.14. The predicted octanol–water partition coefficient (Wildman–Crippen LogP) is 2.04. The van der Waals surface area contributed by atoms with Crippen LogP contribution in [0.3, 0.4) is 0 Å². The number of guanidine groups is 1. The van der Waals surface area contributed by atoms with E-state index >= 15 is 0 Å². The summed E-state index contributed by atoms with van der Waals surface area (Å²) in [5.41, 5.74) is 0. The molecule has 0 amide bonds. The molecule has 1 aliphatic heterocycles. The Kier molecular flexibility index (Phi) is 8.56. The van der Waals surface area contributed by atoms with E-state index in [-0.39, 0.29) is 0 Å². The minimum atomic E-state index is 0.475. The maximum absolute atomic E-state index is 4.75. The number of aliphatic imine (C=N–C) groups is 1. The largest absolute Gasteiger partial charge is 0.357 e. The molecule has 2 rings (SSSR count). The number of thiophene rings is 1. The Hall–Kier alpha value is -1.11. The molecule has 24 heavy (non-hydrogen) atoms. The van der Waals surface area contributed by atoms with E-state index in [9.17, 15) is 0 Å². The normalized spacial score (nSPS) is 18.5. The zero-order chi connectivity index (χ0) is 17.2. The molecule has 136 valence electrons. The van der Waals surface area contributed by atoms with E-state index in [4.69, 9.17) is 4.99 Å². The summed E-state index contributed by atoms with van der Waals surface area (Å²) in [6, 6.07) is 4.31. The molecule has 0 radical (unpaired) electrons. The Labute approximate surface area is 151 Å². The number of rotatable bonds is 8. The molecule has 1 aliphatic rings. The van der Waals surface area contributed by atoms with Gasteiger partial charge in [0.2, 0.25) is 0 Å². The molecule has 0 aliphatic carbocycles. The van der Waals surface area contributed by atoms with Gasteiger partial charge in [-0.15, -0.1) is 11.3 Å². The second-order valence-electron chi connectivity index (χ2n) is 6.34. The molecule has 0 aromatic carbocycles. The Morgan fingerprint density at radius 2 is 1.96 bits per heavy atom. The molecule has 6 heteroatoms. The summed E-state index contributed by atoms with van der Waals surface area (Å²) in [4.78, 5) is 11.2.